The molecule has 0 atom stereocenters. The number of nitrogens with one attached hydrogen (secondary N) is 1. The van der Waals surface area contributed by atoms with E-state index in [4.69, 9.17) is 23.2 Å². The van der Waals surface area contributed by atoms with E-state index in [-0.39, 0.29) is 0 Å². The van der Waals surface area contributed by atoms with E-state index >= 15 is 0 Å². The molecule has 1 heterocycles. The van der Waals surface area contributed by atoms with E-state index in [1.54, 1.807) is 0 Å². The van der Waals surface area contributed by atoms with Crippen molar-refractivity contribution in [2.75, 3.05) is 19.6 Å². The van der Waals surface area contributed by atoms with Crippen LogP contribution in [0.15, 0.2) is 18.2 Å². The first-order valence-electron chi connectivity index (χ1n) is 5.59. The Morgan fingerprint density at radius 3 is 2.56 bits per heavy atom. The third-order valence-corrected chi connectivity index (χ3v) is 3.79. The van der Waals surface area contributed by atoms with Crippen LogP contribution in [0.3, 0.4) is 0 Å². The van der Waals surface area contributed by atoms with Gasteiger partial charge in [0.15, 0.2) is 0 Å². The van der Waals surface area contributed by atoms with Crippen molar-refractivity contribution < 1.29 is 0 Å². The number of benzene rings is 1. The van der Waals surface area contributed by atoms with Gasteiger partial charge in [-0.2, -0.15) is 0 Å². The molecule has 16 heavy (non-hydrogen) atoms. The number of halogens is 2. The van der Waals surface area contributed by atoms with Crippen LogP contribution in [-0.2, 0) is 6.54 Å². The van der Waals surface area contributed by atoms with Crippen molar-refractivity contribution in [2.24, 2.45) is 0 Å². The Hall–Kier alpha value is -0.280. The van der Waals surface area contributed by atoms with Gasteiger partial charge in [0.05, 0.1) is 10.0 Å². The van der Waals surface area contributed by atoms with E-state index in [2.05, 4.69) is 17.1 Å². The Bertz CT molecular complexity index is 364. The lowest BCUT2D eigenvalue weighted by molar-refractivity contribution is 0.145. The normalized spacial score (nSPS) is 16.5. The number of hydrogen-bond acceptors (Lipinski definition) is 2. The summed E-state index contributed by atoms with van der Waals surface area (Å²) < 4.78 is 0. The zero-order valence-electron chi connectivity index (χ0n) is 9.34. The van der Waals surface area contributed by atoms with Crippen LogP contribution in [0.25, 0.3) is 0 Å². The molecule has 0 radical (unpaired) electrons. The molecule has 4 heteroatoms. The van der Waals surface area contributed by atoms with E-state index in [9.17, 15) is 0 Å². The molecule has 1 aliphatic rings. The second-order valence-corrected chi connectivity index (χ2v) is 4.94. The summed E-state index contributed by atoms with van der Waals surface area (Å²) in [6.45, 7) is 6.38. The molecule has 0 aliphatic carbocycles. The monoisotopic (exact) mass is 258 g/mol. The van der Waals surface area contributed by atoms with Gasteiger partial charge in [0, 0.05) is 25.7 Å². The fourth-order valence-electron chi connectivity index (χ4n) is 1.90. The van der Waals surface area contributed by atoms with Crippen molar-refractivity contribution in [2.45, 2.75) is 19.5 Å². The highest BCUT2D eigenvalue weighted by atomic mass is 35.5. The number of rotatable bonds is 4. The molecule has 2 rings (SSSR count). The van der Waals surface area contributed by atoms with Crippen LogP contribution in [0.5, 0.6) is 0 Å². The predicted octanol–water partition coefficient (Wildman–Crippen LogP) is 2.79. The predicted molar refractivity (Wildman–Crippen MR) is 69.2 cm³/mol. The van der Waals surface area contributed by atoms with Gasteiger partial charge in [0.1, 0.15) is 0 Å². The summed E-state index contributed by atoms with van der Waals surface area (Å²) in [5.41, 5.74) is 1.23. The SMILES string of the molecule is CCN(Cc1ccc(Cl)c(Cl)c1)C1CNC1. The summed E-state index contributed by atoms with van der Waals surface area (Å²) >= 11 is 11.9. The Morgan fingerprint density at radius 2 is 2.06 bits per heavy atom. The standard InChI is InChI=1S/C12H16Cl2N2/c1-2-16(10-6-15-7-10)8-9-3-4-11(13)12(14)5-9/h3-5,10,15H,2,6-8H2,1H3. The van der Waals surface area contributed by atoms with E-state index in [0.29, 0.717) is 16.1 Å². The molecule has 0 saturated carbocycles. The van der Waals surface area contributed by atoms with Crippen LogP contribution in [0.1, 0.15) is 12.5 Å². The van der Waals surface area contributed by atoms with Crippen molar-refractivity contribution in [3.63, 3.8) is 0 Å². The molecule has 1 aromatic carbocycles. The Balaban J connectivity index is 2.03. The average Bonchev–Trinajstić information content (AvgIpc) is 2.20. The molecule has 0 unspecified atom stereocenters. The molecule has 1 N–H and O–H groups in total. The number of likely N-dealkylation sites (N-methyl/N-ethyl adjacent to an activating group) is 1. The van der Waals surface area contributed by atoms with Gasteiger partial charge in [-0.1, -0.05) is 36.2 Å². The lowest BCUT2D eigenvalue weighted by Crippen LogP contribution is -2.56. The maximum atomic E-state index is 6.01. The lowest BCUT2D eigenvalue weighted by atomic mass is 10.1. The van der Waals surface area contributed by atoms with E-state index in [0.717, 1.165) is 26.2 Å². The van der Waals surface area contributed by atoms with Crippen LogP contribution in [0, 0.1) is 0 Å². The summed E-state index contributed by atoms with van der Waals surface area (Å²) in [5, 5.41) is 4.56. The highest BCUT2D eigenvalue weighted by Crippen LogP contribution is 2.23. The quantitative estimate of drug-likeness (QED) is 0.894. The topological polar surface area (TPSA) is 15.3 Å². The van der Waals surface area contributed by atoms with E-state index in [1.165, 1.54) is 5.56 Å². The Kier molecular flexibility index (Phi) is 4.09. The van der Waals surface area contributed by atoms with Gasteiger partial charge in [-0.3, -0.25) is 4.90 Å². The van der Waals surface area contributed by atoms with Crippen LogP contribution in [0.2, 0.25) is 10.0 Å². The Labute approximate surface area is 107 Å². The number of hydrogen-bond donors (Lipinski definition) is 1. The van der Waals surface area contributed by atoms with Crippen molar-refractivity contribution in [1.82, 2.24) is 10.2 Å². The van der Waals surface area contributed by atoms with E-state index < -0.39 is 0 Å². The minimum atomic E-state index is 0.624. The van der Waals surface area contributed by atoms with Gasteiger partial charge in [-0.25, -0.2) is 0 Å². The van der Waals surface area contributed by atoms with Gasteiger partial charge >= 0.3 is 0 Å². The maximum absolute atomic E-state index is 6.01. The molecule has 88 valence electrons. The molecule has 2 nitrogen and oxygen atoms in total. The molecular formula is C12H16Cl2N2. The molecule has 1 aliphatic heterocycles. The van der Waals surface area contributed by atoms with Crippen LogP contribution in [0.4, 0.5) is 0 Å². The smallest absolute Gasteiger partial charge is 0.0595 e. The first-order valence-corrected chi connectivity index (χ1v) is 6.35. The second-order valence-electron chi connectivity index (χ2n) is 4.12. The van der Waals surface area contributed by atoms with Crippen LogP contribution >= 0.6 is 23.2 Å². The maximum Gasteiger partial charge on any atom is 0.0595 e. The van der Waals surface area contributed by atoms with Crippen molar-refractivity contribution in [3.8, 4) is 0 Å². The third-order valence-electron chi connectivity index (χ3n) is 3.05. The summed E-state index contributed by atoms with van der Waals surface area (Å²) in [6, 6.07) is 6.53. The molecule has 1 aromatic rings. The van der Waals surface area contributed by atoms with Gasteiger partial charge in [0.2, 0.25) is 0 Å². The molecule has 0 amide bonds. The summed E-state index contributed by atoms with van der Waals surface area (Å²) in [4.78, 5) is 2.45. The fourth-order valence-corrected chi connectivity index (χ4v) is 2.22. The minimum Gasteiger partial charge on any atom is -0.314 e. The zero-order valence-corrected chi connectivity index (χ0v) is 10.9. The Morgan fingerprint density at radius 1 is 1.31 bits per heavy atom. The first kappa shape index (κ1) is 12.2. The average molecular weight is 259 g/mol. The highest BCUT2D eigenvalue weighted by Gasteiger charge is 2.23. The molecule has 0 aromatic heterocycles. The fraction of sp³-hybridized carbons (Fsp3) is 0.500. The lowest BCUT2D eigenvalue weighted by Gasteiger charge is -2.37. The number of nitrogens with zero attached hydrogens (tertiary/aromatic N) is 1. The van der Waals surface area contributed by atoms with Gasteiger partial charge in [-0.15, -0.1) is 0 Å². The molecule has 0 bridgehead atoms. The third kappa shape index (κ3) is 2.69. The minimum absolute atomic E-state index is 0.624. The highest BCUT2D eigenvalue weighted by molar-refractivity contribution is 6.42. The molecule has 1 saturated heterocycles. The van der Waals surface area contributed by atoms with Crippen LogP contribution < -0.4 is 5.32 Å². The molecule has 1 fully saturated rings. The summed E-state index contributed by atoms with van der Waals surface area (Å²) in [7, 11) is 0. The van der Waals surface area contributed by atoms with Crippen molar-refractivity contribution in [3.05, 3.63) is 33.8 Å². The molecule has 0 spiro atoms. The largest absolute Gasteiger partial charge is 0.314 e. The summed E-state index contributed by atoms with van der Waals surface area (Å²) in [6.07, 6.45) is 0. The van der Waals surface area contributed by atoms with E-state index in [1.807, 2.05) is 18.2 Å². The molecular weight excluding hydrogens is 243 g/mol. The van der Waals surface area contributed by atoms with Crippen LogP contribution in [-0.4, -0.2) is 30.6 Å². The zero-order chi connectivity index (χ0) is 11.5. The van der Waals surface area contributed by atoms with Gasteiger partial charge in [0.25, 0.3) is 0 Å². The van der Waals surface area contributed by atoms with Crippen molar-refractivity contribution in [1.29, 1.82) is 0 Å². The first-order chi connectivity index (χ1) is 7.70. The second kappa shape index (κ2) is 5.37. The summed E-state index contributed by atoms with van der Waals surface area (Å²) in [5.74, 6) is 0. The van der Waals surface area contributed by atoms with Gasteiger partial charge in [-0.05, 0) is 24.2 Å². The van der Waals surface area contributed by atoms with Crippen molar-refractivity contribution >= 4 is 23.2 Å². The van der Waals surface area contributed by atoms with Gasteiger partial charge < -0.3 is 5.32 Å².